The number of hydrogen-bond donors (Lipinski definition) is 1. The zero-order valence-electron chi connectivity index (χ0n) is 11.4. The Bertz CT molecular complexity index is 452. The lowest BCUT2D eigenvalue weighted by Gasteiger charge is -2.25. The molecule has 0 amide bonds. The van der Waals surface area contributed by atoms with Gasteiger partial charge < -0.3 is 10.1 Å². The van der Waals surface area contributed by atoms with E-state index in [1.807, 2.05) is 13.8 Å². The van der Waals surface area contributed by atoms with Crippen LogP contribution in [0.4, 0.5) is 5.69 Å². The first-order chi connectivity index (χ1) is 8.53. The first-order valence-corrected chi connectivity index (χ1v) is 6.51. The van der Waals surface area contributed by atoms with Gasteiger partial charge in [-0.3, -0.25) is 0 Å². The lowest BCUT2D eigenvalue weighted by molar-refractivity contribution is -0.144. The molecule has 3 heteroatoms. The molecule has 1 N–H and O–H groups in total. The van der Waals surface area contributed by atoms with Gasteiger partial charge in [0.2, 0.25) is 0 Å². The number of esters is 1. The van der Waals surface area contributed by atoms with Gasteiger partial charge in [0.15, 0.2) is 0 Å². The van der Waals surface area contributed by atoms with Crippen LogP contribution in [0.1, 0.15) is 37.8 Å². The molecule has 0 radical (unpaired) electrons. The molecule has 0 saturated carbocycles. The summed E-state index contributed by atoms with van der Waals surface area (Å²) in [5.41, 5.74) is 3.15. The summed E-state index contributed by atoms with van der Waals surface area (Å²) >= 11 is 0. The van der Waals surface area contributed by atoms with Gasteiger partial charge in [0.05, 0.1) is 7.11 Å². The number of methoxy groups -OCH3 is 1. The standard InChI is InChI=1S/C15H21NO2/c1-15(2,14(17)18-3)16-13-9-8-11-6-4-5-7-12(11)10-13/h8-10,16H,4-7H2,1-3H3. The van der Waals surface area contributed by atoms with Gasteiger partial charge in [-0.25, -0.2) is 4.79 Å². The van der Waals surface area contributed by atoms with Gasteiger partial charge in [0, 0.05) is 5.69 Å². The van der Waals surface area contributed by atoms with Crippen molar-refractivity contribution in [3.05, 3.63) is 29.3 Å². The van der Waals surface area contributed by atoms with Crippen molar-refractivity contribution in [3.63, 3.8) is 0 Å². The number of anilines is 1. The summed E-state index contributed by atoms with van der Waals surface area (Å²) in [5, 5.41) is 3.24. The predicted molar refractivity (Wildman–Crippen MR) is 72.8 cm³/mol. The van der Waals surface area contributed by atoms with Crippen molar-refractivity contribution in [2.24, 2.45) is 0 Å². The molecule has 18 heavy (non-hydrogen) atoms. The Morgan fingerprint density at radius 2 is 1.89 bits per heavy atom. The molecule has 0 saturated heterocycles. The first kappa shape index (κ1) is 12.9. The normalized spacial score (nSPS) is 14.8. The molecular formula is C15H21NO2. The van der Waals surface area contributed by atoms with E-state index in [4.69, 9.17) is 4.74 Å². The minimum Gasteiger partial charge on any atom is -0.467 e. The van der Waals surface area contributed by atoms with Crippen molar-refractivity contribution < 1.29 is 9.53 Å². The van der Waals surface area contributed by atoms with Crippen molar-refractivity contribution in [2.45, 2.75) is 45.1 Å². The number of carbonyl (C=O) groups excluding carboxylic acids is 1. The number of benzene rings is 1. The van der Waals surface area contributed by atoms with E-state index in [-0.39, 0.29) is 5.97 Å². The fourth-order valence-corrected chi connectivity index (χ4v) is 2.48. The Balaban J connectivity index is 2.17. The number of carbonyl (C=O) groups is 1. The Kier molecular flexibility index (Phi) is 3.60. The maximum atomic E-state index is 11.6. The molecule has 0 heterocycles. The molecule has 0 bridgehead atoms. The zero-order valence-corrected chi connectivity index (χ0v) is 11.4. The Morgan fingerprint density at radius 3 is 2.56 bits per heavy atom. The first-order valence-electron chi connectivity index (χ1n) is 6.51. The highest BCUT2D eigenvalue weighted by Crippen LogP contribution is 2.26. The Hall–Kier alpha value is -1.51. The summed E-state index contributed by atoms with van der Waals surface area (Å²) in [6, 6.07) is 6.39. The van der Waals surface area contributed by atoms with Crippen LogP contribution < -0.4 is 5.32 Å². The van der Waals surface area contributed by atoms with Crippen molar-refractivity contribution >= 4 is 11.7 Å². The molecule has 1 aliphatic carbocycles. The monoisotopic (exact) mass is 247 g/mol. The molecule has 0 spiro atoms. The third-order valence-corrected chi connectivity index (χ3v) is 3.50. The summed E-state index contributed by atoms with van der Waals surface area (Å²) in [6.45, 7) is 3.66. The lowest BCUT2D eigenvalue weighted by Crippen LogP contribution is -2.41. The van der Waals surface area contributed by atoms with Gasteiger partial charge in [-0.15, -0.1) is 0 Å². The van der Waals surface area contributed by atoms with Crippen LogP contribution in [0.5, 0.6) is 0 Å². The molecular weight excluding hydrogens is 226 g/mol. The second-order valence-electron chi connectivity index (χ2n) is 5.43. The SMILES string of the molecule is COC(=O)C(C)(C)Nc1ccc2c(c1)CCCC2. The van der Waals surface area contributed by atoms with E-state index in [0.29, 0.717) is 0 Å². The summed E-state index contributed by atoms with van der Waals surface area (Å²) in [5.74, 6) is -0.250. The number of nitrogens with one attached hydrogen (secondary N) is 1. The average Bonchev–Trinajstić information content (AvgIpc) is 2.37. The topological polar surface area (TPSA) is 38.3 Å². The molecule has 2 rings (SSSR count). The van der Waals surface area contributed by atoms with Crippen molar-refractivity contribution in [2.75, 3.05) is 12.4 Å². The highest BCUT2D eigenvalue weighted by atomic mass is 16.5. The molecule has 0 fully saturated rings. The third kappa shape index (κ3) is 2.66. The molecule has 0 aromatic heterocycles. The second kappa shape index (κ2) is 5.01. The van der Waals surface area contributed by atoms with Crippen LogP contribution in [-0.2, 0) is 22.4 Å². The van der Waals surface area contributed by atoms with Crippen LogP contribution in [0, 0.1) is 0 Å². The van der Waals surface area contributed by atoms with Crippen molar-refractivity contribution in [1.29, 1.82) is 0 Å². The molecule has 0 atom stereocenters. The van der Waals surface area contributed by atoms with Gasteiger partial charge in [-0.1, -0.05) is 6.07 Å². The maximum Gasteiger partial charge on any atom is 0.330 e. The van der Waals surface area contributed by atoms with Crippen LogP contribution in [0.2, 0.25) is 0 Å². The minimum absolute atomic E-state index is 0.250. The number of fused-ring (bicyclic) bond motifs is 1. The van der Waals surface area contributed by atoms with Gasteiger partial charge in [0.25, 0.3) is 0 Å². The fourth-order valence-electron chi connectivity index (χ4n) is 2.48. The van der Waals surface area contributed by atoms with E-state index in [2.05, 4.69) is 23.5 Å². The third-order valence-electron chi connectivity index (χ3n) is 3.50. The summed E-state index contributed by atoms with van der Waals surface area (Å²) in [6.07, 6.45) is 4.86. The van der Waals surface area contributed by atoms with Crippen molar-refractivity contribution in [3.8, 4) is 0 Å². The van der Waals surface area contributed by atoms with E-state index < -0.39 is 5.54 Å². The van der Waals surface area contributed by atoms with Crippen LogP contribution in [0.25, 0.3) is 0 Å². The molecule has 3 nitrogen and oxygen atoms in total. The smallest absolute Gasteiger partial charge is 0.330 e. The number of ether oxygens (including phenoxy) is 1. The summed E-state index contributed by atoms with van der Waals surface area (Å²) < 4.78 is 4.80. The lowest BCUT2D eigenvalue weighted by atomic mass is 9.91. The zero-order chi connectivity index (χ0) is 13.2. The van der Waals surface area contributed by atoms with E-state index in [1.54, 1.807) is 0 Å². The molecule has 0 unspecified atom stereocenters. The summed E-state index contributed by atoms with van der Waals surface area (Å²) in [7, 11) is 1.42. The van der Waals surface area contributed by atoms with Crippen LogP contribution >= 0.6 is 0 Å². The van der Waals surface area contributed by atoms with Gasteiger partial charge >= 0.3 is 5.97 Å². The van der Waals surface area contributed by atoms with E-state index in [9.17, 15) is 4.79 Å². The van der Waals surface area contributed by atoms with Crippen LogP contribution in [0.15, 0.2) is 18.2 Å². The quantitative estimate of drug-likeness (QED) is 0.835. The summed E-state index contributed by atoms with van der Waals surface area (Å²) in [4.78, 5) is 11.6. The molecule has 0 aliphatic heterocycles. The second-order valence-corrected chi connectivity index (χ2v) is 5.43. The fraction of sp³-hybridized carbons (Fsp3) is 0.533. The van der Waals surface area contributed by atoms with Crippen LogP contribution in [-0.4, -0.2) is 18.6 Å². The van der Waals surface area contributed by atoms with Gasteiger partial charge in [0.1, 0.15) is 5.54 Å². The van der Waals surface area contributed by atoms with Crippen molar-refractivity contribution in [1.82, 2.24) is 0 Å². The maximum absolute atomic E-state index is 11.6. The molecule has 1 aromatic carbocycles. The van der Waals surface area contributed by atoms with Gasteiger partial charge in [-0.2, -0.15) is 0 Å². The van der Waals surface area contributed by atoms with E-state index >= 15 is 0 Å². The van der Waals surface area contributed by atoms with E-state index in [1.165, 1.54) is 37.5 Å². The largest absolute Gasteiger partial charge is 0.467 e. The Labute approximate surface area is 109 Å². The number of hydrogen-bond acceptors (Lipinski definition) is 3. The Morgan fingerprint density at radius 1 is 1.22 bits per heavy atom. The number of rotatable bonds is 3. The highest BCUT2D eigenvalue weighted by Gasteiger charge is 2.28. The van der Waals surface area contributed by atoms with E-state index in [0.717, 1.165) is 12.1 Å². The molecule has 98 valence electrons. The minimum atomic E-state index is -0.697. The predicted octanol–water partition coefficient (Wildman–Crippen LogP) is 2.93. The number of aryl methyl sites for hydroxylation is 2. The highest BCUT2D eigenvalue weighted by molar-refractivity contribution is 5.83. The molecule has 1 aromatic rings. The average molecular weight is 247 g/mol. The molecule has 1 aliphatic rings. The van der Waals surface area contributed by atoms with Gasteiger partial charge in [-0.05, 0) is 62.8 Å². The van der Waals surface area contributed by atoms with Crippen LogP contribution in [0.3, 0.4) is 0 Å².